The van der Waals surface area contributed by atoms with Crippen molar-refractivity contribution in [2.75, 3.05) is 0 Å². The van der Waals surface area contributed by atoms with Crippen molar-refractivity contribution in [1.29, 1.82) is 0 Å². The molecule has 0 spiro atoms. The Hall–Kier alpha value is -2.28. The lowest BCUT2D eigenvalue weighted by molar-refractivity contribution is -0.127. The first-order chi connectivity index (χ1) is 10.1. The summed E-state index contributed by atoms with van der Waals surface area (Å²) in [7, 11) is 0. The minimum atomic E-state index is -0.506. The maximum atomic E-state index is 12.3. The van der Waals surface area contributed by atoms with Crippen molar-refractivity contribution in [2.45, 2.75) is 25.9 Å². The fraction of sp³-hybridized carbons (Fsp3) is 0.286. The number of rotatable bonds is 4. The van der Waals surface area contributed by atoms with Crippen LogP contribution in [0.1, 0.15) is 15.6 Å². The molecule has 1 aliphatic rings. The Morgan fingerprint density at radius 1 is 1.24 bits per heavy atom. The summed E-state index contributed by atoms with van der Waals surface area (Å²) in [5.41, 5.74) is 1.02. The van der Waals surface area contributed by atoms with Crippen molar-refractivity contribution >= 4 is 23.3 Å². The fourth-order valence-corrected chi connectivity index (χ4v) is 2.95. The number of carbonyl (C=O) groups is 2. The number of amides is 3. The third-order valence-corrected chi connectivity index (χ3v) is 4.07. The van der Waals surface area contributed by atoms with Gasteiger partial charge in [0.1, 0.15) is 16.1 Å². The number of aryl methyl sites for hydroxylation is 1. The van der Waals surface area contributed by atoms with Crippen LogP contribution in [0.5, 0.6) is 0 Å². The van der Waals surface area contributed by atoms with Crippen LogP contribution in [0, 0.1) is 6.92 Å². The van der Waals surface area contributed by atoms with Crippen molar-refractivity contribution < 1.29 is 9.59 Å². The number of imide groups is 1. The average Bonchev–Trinajstić information content (AvgIpc) is 2.99. The molecule has 1 atom stereocenters. The van der Waals surface area contributed by atoms with Crippen molar-refractivity contribution in [3.05, 3.63) is 45.9 Å². The highest BCUT2D eigenvalue weighted by Crippen LogP contribution is 2.17. The first-order valence-electron chi connectivity index (χ1n) is 6.58. The monoisotopic (exact) mass is 302 g/mol. The van der Waals surface area contributed by atoms with Gasteiger partial charge in [0.25, 0.3) is 5.91 Å². The molecule has 21 heavy (non-hydrogen) atoms. The minimum absolute atomic E-state index is 0.182. The quantitative estimate of drug-likeness (QED) is 0.869. The van der Waals surface area contributed by atoms with Gasteiger partial charge in [-0.1, -0.05) is 41.7 Å². The summed E-state index contributed by atoms with van der Waals surface area (Å²) < 4.78 is 0. The highest BCUT2D eigenvalue weighted by molar-refractivity contribution is 7.11. The molecule has 2 aromatic rings. The highest BCUT2D eigenvalue weighted by Gasteiger charge is 2.38. The van der Waals surface area contributed by atoms with E-state index in [4.69, 9.17) is 0 Å². The van der Waals surface area contributed by atoms with Gasteiger partial charge in [-0.3, -0.25) is 9.69 Å². The van der Waals surface area contributed by atoms with Gasteiger partial charge in [-0.15, -0.1) is 10.2 Å². The summed E-state index contributed by atoms with van der Waals surface area (Å²) in [4.78, 5) is 25.5. The first-order valence-corrected chi connectivity index (χ1v) is 7.40. The highest BCUT2D eigenvalue weighted by atomic mass is 32.1. The topological polar surface area (TPSA) is 75.2 Å². The molecule has 0 saturated carbocycles. The molecule has 1 saturated heterocycles. The fourth-order valence-electron chi connectivity index (χ4n) is 2.25. The molecule has 1 aromatic carbocycles. The van der Waals surface area contributed by atoms with E-state index in [0.29, 0.717) is 11.4 Å². The largest absolute Gasteiger partial charge is 0.325 e. The van der Waals surface area contributed by atoms with Crippen molar-refractivity contribution in [3.8, 4) is 0 Å². The van der Waals surface area contributed by atoms with Gasteiger partial charge in [-0.25, -0.2) is 4.79 Å². The maximum absolute atomic E-state index is 12.3. The maximum Gasteiger partial charge on any atom is 0.325 e. The summed E-state index contributed by atoms with van der Waals surface area (Å²) in [6.45, 7) is 2.02. The van der Waals surface area contributed by atoms with Gasteiger partial charge in [-0.05, 0) is 12.5 Å². The standard InChI is InChI=1S/C14H14N4O2S/c1-9-16-17-12(21-9)8-18-13(19)11(15-14(18)20)7-10-5-3-2-4-6-10/h2-6,11H,7-8H2,1H3,(H,15,20). The van der Waals surface area contributed by atoms with E-state index in [9.17, 15) is 9.59 Å². The van der Waals surface area contributed by atoms with E-state index in [0.717, 1.165) is 10.6 Å². The summed E-state index contributed by atoms with van der Waals surface area (Å²) in [5, 5.41) is 12.1. The zero-order valence-electron chi connectivity index (χ0n) is 11.4. The molecule has 1 aromatic heterocycles. The van der Waals surface area contributed by atoms with Gasteiger partial charge in [0.15, 0.2) is 0 Å². The van der Waals surface area contributed by atoms with Crippen LogP contribution in [0.4, 0.5) is 4.79 Å². The Bertz CT molecular complexity index is 671. The van der Waals surface area contributed by atoms with E-state index in [2.05, 4.69) is 15.5 Å². The SMILES string of the molecule is Cc1nnc(CN2C(=O)NC(Cc3ccccc3)C2=O)s1. The third kappa shape index (κ3) is 2.92. The van der Waals surface area contributed by atoms with Gasteiger partial charge < -0.3 is 5.32 Å². The number of urea groups is 1. The van der Waals surface area contributed by atoms with Crippen molar-refractivity contribution in [1.82, 2.24) is 20.4 Å². The van der Waals surface area contributed by atoms with E-state index in [1.54, 1.807) is 0 Å². The summed E-state index contributed by atoms with van der Waals surface area (Å²) in [6, 6.07) is 8.76. The lowest BCUT2D eigenvalue weighted by atomic mass is 10.1. The second-order valence-electron chi connectivity index (χ2n) is 4.83. The van der Waals surface area contributed by atoms with Gasteiger partial charge in [0, 0.05) is 6.42 Å². The number of hydrogen-bond acceptors (Lipinski definition) is 5. The number of carbonyl (C=O) groups excluding carboxylic acids is 2. The zero-order chi connectivity index (χ0) is 14.8. The molecule has 2 heterocycles. The number of nitrogens with one attached hydrogen (secondary N) is 1. The van der Waals surface area contributed by atoms with Gasteiger partial charge >= 0.3 is 6.03 Å². The summed E-state index contributed by atoms with van der Waals surface area (Å²) >= 11 is 1.39. The van der Waals surface area contributed by atoms with Crippen LogP contribution >= 0.6 is 11.3 Å². The summed E-state index contributed by atoms with van der Waals surface area (Å²) in [5.74, 6) is -0.211. The van der Waals surface area contributed by atoms with Gasteiger partial charge in [-0.2, -0.15) is 0 Å². The van der Waals surface area contributed by atoms with Gasteiger partial charge in [0.2, 0.25) is 0 Å². The Balaban J connectivity index is 1.70. The molecule has 108 valence electrons. The van der Waals surface area contributed by atoms with Crippen LogP contribution in [0.3, 0.4) is 0 Å². The Labute approximate surface area is 125 Å². The van der Waals surface area contributed by atoms with E-state index < -0.39 is 6.04 Å². The predicted octanol–water partition coefficient (Wildman–Crippen LogP) is 1.51. The molecule has 0 aliphatic carbocycles. The summed E-state index contributed by atoms with van der Waals surface area (Å²) in [6.07, 6.45) is 0.497. The molecule has 3 amide bonds. The molecule has 7 heteroatoms. The zero-order valence-corrected chi connectivity index (χ0v) is 12.3. The third-order valence-electron chi connectivity index (χ3n) is 3.25. The molecule has 1 fully saturated rings. The molecular weight excluding hydrogens is 288 g/mol. The molecule has 1 N–H and O–H groups in total. The molecule has 0 radical (unpaired) electrons. The van der Waals surface area contributed by atoms with Gasteiger partial charge in [0.05, 0.1) is 6.54 Å². The van der Waals surface area contributed by atoms with Crippen molar-refractivity contribution in [2.24, 2.45) is 0 Å². The molecule has 1 unspecified atom stereocenters. The number of hydrogen-bond donors (Lipinski definition) is 1. The van der Waals surface area contributed by atoms with Crippen LogP contribution in [0.25, 0.3) is 0 Å². The van der Waals surface area contributed by atoms with E-state index >= 15 is 0 Å². The Morgan fingerprint density at radius 3 is 2.67 bits per heavy atom. The van der Waals surface area contributed by atoms with Crippen molar-refractivity contribution in [3.63, 3.8) is 0 Å². The van der Waals surface area contributed by atoms with Crippen LogP contribution in [0.15, 0.2) is 30.3 Å². The number of benzene rings is 1. The second-order valence-corrected chi connectivity index (χ2v) is 6.10. The lowest BCUT2D eigenvalue weighted by Gasteiger charge is -2.10. The van der Waals surface area contributed by atoms with Crippen LogP contribution in [-0.2, 0) is 17.8 Å². The van der Waals surface area contributed by atoms with E-state index in [1.807, 2.05) is 37.3 Å². The van der Waals surface area contributed by atoms with Crippen LogP contribution in [0.2, 0.25) is 0 Å². The number of aromatic nitrogens is 2. The molecule has 6 nitrogen and oxygen atoms in total. The smallest absolute Gasteiger partial charge is 0.325 e. The molecular formula is C14H14N4O2S. The van der Waals surface area contributed by atoms with Crippen LogP contribution < -0.4 is 5.32 Å². The number of nitrogens with zero attached hydrogens (tertiary/aromatic N) is 3. The molecule has 3 rings (SSSR count). The lowest BCUT2D eigenvalue weighted by Crippen LogP contribution is -2.32. The first kappa shape index (κ1) is 13.7. The Kier molecular flexibility index (Phi) is 3.66. The Morgan fingerprint density at radius 2 is 2.00 bits per heavy atom. The normalized spacial score (nSPS) is 18.1. The minimum Gasteiger partial charge on any atom is -0.325 e. The molecule has 1 aliphatic heterocycles. The van der Waals surface area contributed by atoms with E-state index in [1.165, 1.54) is 16.2 Å². The average molecular weight is 302 g/mol. The second kappa shape index (κ2) is 5.61. The predicted molar refractivity (Wildman–Crippen MR) is 77.7 cm³/mol. The van der Waals surface area contributed by atoms with E-state index in [-0.39, 0.29) is 18.5 Å². The molecule has 0 bridgehead atoms. The van der Waals surface area contributed by atoms with Crippen LogP contribution in [-0.4, -0.2) is 33.1 Å².